The van der Waals surface area contributed by atoms with Crippen molar-refractivity contribution in [1.82, 2.24) is 19.7 Å². The summed E-state index contributed by atoms with van der Waals surface area (Å²) in [5.74, 6) is 1.24. The molecular formula is C23H24N4O2S. The van der Waals surface area contributed by atoms with Crippen LogP contribution in [0, 0.1) is 6.92 Å². The summed E-state index contributed by atoms with van der Waals surface area (Å²) in [6.07, 6.45) is 1.69. The van der Waals surface area contributed by atoms with E-state index >= 15 is 0 Å². The molecule has 0 saturated carbocycles. The summed E-state index contributed by atoms with van der Waals surface area (Å²) in [7, 11) is 0. The van der Waals surface area contributed by atoms with Gasteiger partial charge in [0.1, 0.15) is 0 Å². The van der Waals surface area contributed by atoms with Crippen molar-refractivity contribution in [2.75, 3.05) is 12.3 Å². The smallest absolute Gasteiger partial charge is 0.261 e. The average Bonchev–Trinajstić information content (AvgIpc) is 3.25. The molecule has 0 fully saturated rings. The lowest BCUT2D eigenvalue weighted by molar-refractivity contribution is 0.0655. The SMILES string of the molecule is CCCn1c(SCCCN2C(=O)c3ccccc3C2=O)nnc1-c1cccc(C)c1. The summed E-state index contributed by atoms with van der Waals surface area (Å²) in [4.78, 5) is 26.3. The van der Waals surface area contributed by atoms with E-state index in [0.717, 1.165) is 35.3 Å². The fraction of sp³-hybridized carbons (Fsp3) is 0.304. The Balaban J connectivity index is 1.40. The van der Waals surface area contributed by atoms with Crippen molar-refractivity contribution in [2.45, 2.75) is 38.4 Å². The highest BCUT2D eigenvalue weighted by molar-refractivity contribution is 7.99. The first-order chi connectivity index (χ1) is 14.6. The van der Waals surface area contributed by atoms with Gasteiger partial charge in [0.2, 0.25) is 0 Å². The van der Waals surface area contributed by atoms with E-state index in [-0.39, 0.29) is 11.8 Å². The van der Waals surface area contributed by atoms with E-state index in [0.29, 0.717) is 24.1 Å². The fourth-order valence-electron chi connectivity index (χ4n) is 3.65. The van der Waals surface area contributed by atoms with E-state index in [1.165, 1.54) is 10.5 Å². The number of carbonyl (C=O) groups excluding carboxylic acids is 2. The first kappa shape index (κ1) is 20.3. The normalized spacial score (nSPS) is 13.2. The monoisotopic (exact) mass is 420 g/mol. The number of thioether (sulfide) groups is 1. The third-order valence-electron chi connectivity index (χ3n) is 5.08. The van der Waals surface area contributed by atoms with Crippen LogP contribution in [0.25, 0.3) is 11.4 Å². The molecule has 1 aliphatic rings. The second-order valence-corrected chi connectivity index (χ2v) is 8.40. The van der Waals surface area contributed by atoms with Crippen LogP contribution in [0.2, 0.25) is 0 Å². The minimum atomic E-state index is -0.198. The zero-order valence-corrected chi connectivity index (χ0v) is 18.0. The van der Waals surface area contributed by atoms with Gasteiger partial charge in [-0.15, -0.1) is 10.2 Å². The van der Waals surface area contributed by atoms with Crippen molar-refractivity contribution in [3.63, 3.8) is 0 Å². The number of hydrogen-bond acceptors (Lipinski definition) is 5. The quantitative estimate of drug-likeness (QED) is 0.306. The fourth-order valence-corrected chi connectivity index (χ4v) is 4.53. The van der Waals surface area contributed by atoms with Crippen molar-refractivity contribution < 1.29 is 9.59 Å². The number of amides is 2. The second kappa shape index (κ2) is 8.83. The summed E-state index contributed by atoms with van der Waals surface area (Å²) in [5.41, 5.74) is 3.25. The largest absolute Gasteiger partial charge is 0.302 e. The molecule has 7 heteroatoms. The molecule has 154 valence electrons. The van der Waals surface area contributed by atoms with Crippen molar-refractivity contribution in [2.24, 2.45) is 0 Å². The lowest BCUT2D eigenvalue weighted by Gasteiger charge is -2.13. The highest BCUT2D eigenvalue weighted by Gasteiger charge is 2.34. The third kappa shape index (κ3) is 3.89. The maximum Gasteiger partial charge on any atom is 0.261 e. The highest BCUT2D eigenvalue weighted by Crippen LogP contribution is 2.26. The van der Waals surface area contributed by atoms with Gasteiger partial charge in [-0.25, -0.2) is 0 Å². The minimum Gasteiger partial charge on any atom is -0.302 e. The molecule has 4 rings (SSSR count). The van der Waals surface area contributed by atoms with Gasteiger partial charge in [-0.2, -0.15) is 0 Å². The Kier molecular flexibility index (Phi) is 5.99. The third-order valence-corrected chi connectivity index (χ3v) is 6.13. The number of imide groups is 1. The molecular weight excluding hydrogens is 396 g/mol. The second-order valence-electron chi connectivity index (χ2n) is 7.34. The van der Waals surface area contributed by atoms with Crippen LogP contribution in [0.5, 0.6) is 0 Å². The van der Waals surface area contributed by atoms with E-state index in [1.54, 1.807) is 36.0 Å². The summed E-state index contributed by atoms with van der Waals surface area (Å²) in [6.45, 7) is 5.46. The summed E-state index contributed by atoms with van der Waals surface area (Å²) >= 11 is 1.62. The Morgan fingerprint density at radius 3 is 2.33 bits per heavy atom. The molecule has 0 N–H and O–H groups in total. The van der Waals surface area contributed by atoms with E-state index < -0.39 is 0 Å². The average molecular weight is 421 g/mol. The highest BCUT2D eigenvalue weighted by atomic mass is 32.2. The van der Waals surface area contributed by atoms with E-state index in [9.17, 15) is 9.59 Å². The minimum absolute atomic E-state index is 0.198. The topological polar surface area (TPSA) is 68.1 Å². The van der Waals surface area contributed by atoms with Crippen LogP contribution in [0.1, 0.15) is 46.0 Å². The molecule has 3 aromatic rings. The van der Waals surface area contributed by atoms with Crippen LogP contribution in [0.4, 0.5) is 0 Å². The Hall–Kier alpha value is -2.93. The molecule has 0 atom stereocenters. The molecule has 2 aromatic carbocycles. The molecule has 2 amide bonds. The van der Waals surface area contributed by atoms with Crippen molar-refractivity contribution in [1.29, 1.82) is 0 Å². The van der Waals surface area contributed by atoms with Gasteiger partial charge in [0, 0.05) is 24.4 Å². The molecule has 1 aromatic heterocycles. The van der Waals surface area contributed by atoms with Gasteiger partial charge in [0.15, 0.2) is 11.0 Å². The predicted molar refractivity (Wildman–Crippen MR) is 118 cm³/mol. The molecule has 0 aliphatic carbocycles. The number of aryl methyl sites for hydroxylation is 1. The van der Waals surface area contributed by atoms with E-state index in [2.05, 4.69) is 46.8 Å². The Morgan fingerprint density at radius 1 is 0.933 bits per heavy atom. The number of fused-ring (bicyclic) bond motifs is 1. The van der Waals surface area contributed by atoms with Crippen LogP contribution in [0.15, 0.2) is 53.7 Å². The van der Waals surface area contributed by atoms with Gasteiger partial charge in [-0.3, -0.25) is 14.5 Å². The van der Waals surface area contributed by atoms with Crippen LogP contribution < -0.4 is 0 Å². The standard InChI is InChI=1S/C23H24N4O2S/c1-3-12-26-20(17-9-6-8-16(2)15-17)24-25-23(26)30-14-7-13-27-21(28)18-10-4-5-11-19(18)22(27)29/h4-6,8-11,15H,3,7,12-14H2,1-2H3. The van der Waals surface area contributed by atoms with Crippen molar-refractivity contribution in [3.8, 4) is 11.4 Å². The van der Waals surface area contributed by atoms with Gasteiger partial charge in [-0.1, -0.05) is 54.6 Å². The van der Waals surface area contributed by atoms with E-state index in [4.69, 9.17) is 0 Å². The van der Waals surface area contributed by atoms with E-state index in [1.807, 2.05) is 6.07 Å². The van der Waals surface area contributed by atoms with Gasteiger partial charge >= 0.3 is 0 Å². The molecule has 0 radical (unpaired) electrons. The molecule has 1 aliphatic heterocycles. The molecule has 2 heterocycles. The number of rotatable bonds is 8. The molecule has 30 heavy (non-hydrogen) atoms. The summed E-state index contributed by atoms with van der Waals surface area (Å²) in [5, 5.41) is 9.70. The number of benzene rings is 2. The Labute approximate surface area is 180 Å². The lowest BCUT2D eigenvalue weighted by Crippen LogP contribution is -2.31. The zero-order valence-electron chi connectivity index (χ0n) is 17.2. The van der Waals surface area contributed by atoms with Crippen molar-refractivity contribution >= 4 is 23.6 Å². The van der Waals surface area contributed by atoms with Crippen LogP contribution in [0.3, 0.4) is 0 Å². The predicted octanol–water partition coefficient (Wildman–Crippen LogP) is 4.44. The summed E-state index contributed by atoms with van der Waals surface area (Å²) in [6, 6.07) is 15.3. The van der Waals surface area contributed by atoms with Crippen LogP contribution >= 0.6 is 11.8 Å². The maximum atomic E-state index is 12.5. The van der Waals surface area contributed by atoms with Gasteiger partial charge < -0.3 is 4.57 Å². The number of hydrogen-bond donors (Lipinski definition) is 0. The molecule has 0 unspecified atom stereocenters. The number of nitrogens with zero attached hydrogens (tertiary/aromatic N) is 4. The van der Waals surface area contributed by atoms with Crippen molar-refractivity contribution in [3.05, 3.63) is 65.2 Å². The molecule has 0 bridgehead atoms. The summed E-state index contributed by atoms with van der Waals surface area (Å²) < 4.78 is 2.15. The number of carbonyl (C=O) groups is 2. The molecule has 0 spiro atoms. The lowest BCUT2D eigenvalue weighted by atomic mass is 10.1. The Morgan fingerprint density at radius 2 is 1.67 bits per heavy atom. The zero-order chi connectivity index (χ0) is 21.1. The Bertz CT molecular complexity index is 1060. The van der Waals surface area contributed by atoms with Gasteiger partial charge in [0.25, 0.3) is 11.8 Å². The van der Waals surface area contributed by atoms with Crippen LogP contribution in [-0.4, -0.2) is 43.8 Å². The van der Waals surface area contributed by atoms with Gasteiger partial charge in [-0.05, 0) is 38.0 Å². The molecule has 6 nitrogen and oxygen atoms in total. The number of aromatic nitrogens is 3. The van der Waals surface area contributed by atoms with Crippen LogP contribution in [-0.2, 0) is 6.54 Å². The van der Waals surface area contributed by atoms with Gasteiger partial charge in [0.05, 0.1) is 11.1 Å². The molecule has 0 saturated heterocycles. The first-order valence-corrected chi connectivity index (χ1v) is 11.2. The maximum absolute atomic E-state index is 12.5. The first-order valence-electron chi connectivity index (χ1n) is 10.2.